The highest BCUT2D eigenvalue weighted by Gasteiger charge is 2.22. The number of imidazole rings is 1. The number of amides is 1. The molecular formula is C17H27ClN4OS. The summed E-state index contributed by atoms with van der Waals surface area (Å²) in [5.41, 5.74) is 1.29. The van der Waals surface area contributed by atoms with Gasteiger partial charge in [0.2, 0.25) is 5.91 Å². The first-order chi connectivity index (χ1) is 10.8. The Morgan fingerprint density at radius 1 is 1.21 bits per heavy atom. The number of halogens is 1. The van der Waals surface area contributed by atoms with Crippen molar-refractivity contribution in [3.05, 3.63) is 28.2 Å². The zero-order valence-electron chi connectivity index (χ0n) is 15.7. The Labute approximate surface area is 153 Å². The van der Waals surface area contributed by atoms with Gasteiger partial charge in [-0.2, -0.15) is 0 Å². The Bertz CT molecular complexity index is 692. The van der Waals surface area contributed by atoms with Gasteiger partial charge in [0.1, 0.15) is 5.15 Å². The first-order valence-electron chi connectivity index (χ1n) is 7.73. The molecule has 0 aliphatic rings. The van der Waals surface area contributed by atoms with Crippen molar-refractivity contribution in [2.45, 2.75) is 59.3 Å². The van der Waals surface area contributed by atoms with Gasteiger partial charge in [-0.1, -0.05) is 64.5 Å². The molecule has 0 bridgehead atoms. The molecule has 7 heteroatoms. The van der Waals surface area contributed by atoms with E-state index >= 15 is 0 Å². The van der Waals surface area contributed by atoms with Crippen molar-refractivity contribution >= 4 is 34.0 Å². The van der Waals surface area contributed by atoms with Crippen molar-refractivity contribution in [1.29, 1.82) is 0 Å². The van der Waals surface area contributed by atoms with Gasteiger partial charge < -0.3 is 9.88 Å². The van der Waals surface area contributed by atoms with E-state index in [1.165, 1.54) is 18.3 Å². The smallest absolute Gasteiger partial charge is 0.223 e. The van der Waals surface area contributed by atoms with Crippen LogP contribution in [0.1, 0.15) is 59.0 Å². The topological polar surface area (TPSA) is 59.8 Å². The monoisotopic (exact) mass is 370 g/mol. The number of aromatic nitrogens is 3. The van der Waals surface area contributed by atoms with Crippen molar-refractivity contribution in [2.75, 3.05) is 5.32 Å². The van der Waals surface area contributed by atoms with Crippen molar-refractivity contribution < 1.29 is 4.79 Å². The van der Waals surface area contributed by atoms with Crippen LogP contribution in [-0.4, -0.2) is 20.4 Å². The second kappa shape index (κ2) is 7.66. The van der Waals surface area contributed by atoms with Gasteiger partial charge in [0.15, 0.2) is 5.13 Å². The summed E-state index contributed by atoms with van der Waals surface area (Å²) in [4.78, 5) is 20.1. The Kier molecular flexibility index (Phi) is 6.59. The molecule has 0 unspecified atom stereocenters. The summed E-state index contributed by atoms with van der Waals surface area (Å²) >= 11 is 7.38. The third-order valence-corrected chi connectivity index (χ3v) is 4.81. The van der Waals surface area contributed by atoms with E-state index in [2.05, 4.69) is 63.0 Å². The minimum absolute atomic E-state index is 0.0362. The van der Waals surface area contributed by atoms with Crippen LogP contribution in [0.3, 0.4) is 0 Å². The Hall–Kier alpha value is -1.40. The summed E-state index contributed by atoms with van der Waals surface area (Å²) in [6, 6.07) is 0. The molecule has 0 aromatic carbocycles. The number of carbonyl (C=O) groups excluding carboxylic acids is 1. The van der Waals surface area contributed by atoms with Gasteiger partial charge in [-0.15, -0.1) is 0 Å². The van der Waals surface area contributed by atoms with E-state index in [0.29, 0.717) is 10.3 Å². The molecule has 0 saturated heterocycles. The van der Waals surface area contributed by atoms with Gasteiger partial charge in [0, 0.05) is 25.6 Å². The SMILES string of the molecule is CC(=O)Nc1nc(Cl)c(C(C)(C)C)s1.Cn1cnc(C(C)(C)C)c1. The van der Waals surface area contributed by atoms with Gasteiger partial charge in [0.05, 0.1) is 16.9 Å². The molecule has 24 heavy (non-hydrogen) atoms. The van der Waals surface area contributed by atoms with Crippen LogP contribution in [-0.2, 0) is 22.7 Å². The van der Waals surface area contributed by atoms with Crippen LogP contribution in [0.5, 0.6) is 0 Å². The zero-order chi connectivity index (χ0) is 18.7. The molecule has 0 aliphatic heterocycles. The summed E-state index contributed by atoms with van der Waals surface area (Å²) in [7, 11) is 1.99. The molecule has 134 valence electrons. The second-order valence-electron chi connectivity index (χ2n) is 7.74. The van der Waals surface area contributed by atoms with Crippen LogP contribution in [0, 0.1) is 0 Å². The average Bonchev–Trinajstić information content (AvgIpc) is 2.94. The van der Waals surface area contributed by atoms with Crippen molar-refractivity contribution in [3.8, 4) is 0 Å². The summed E-state index contributed by atoms with van der Waals surface area (Å²) in [5.74, 6) is -0.129. The summed E-state index contributed by atoms with van der Waals surface area (Å²) in [6.07, 6.45) is 3.89. The minimum Gasteiger partial charge on any atom is -0.340 e. The molecule has 1 amide bonds. The van der Waals surface area contributed by atoms with Crippen LogP contribution in [0.4, 0.5) is 5.13 Å². The fraction of sp³-hybridized carbons (Fsp3) is 0.588. The lowest BCUT2D eigenvalue weighted by molar-refractivity contribution is -0.114. The lowest BCUT2D eigenvalue weighted by Gasteiger charge is -2.15. The lowest BCUT2D eigenvalue weighted by Crippen LogP contribution is -2.11. The van der Waals surface area contributed by atoms with Gasteiger partial charge in [-0.3, -0.25) is 4.79 Å². The minimum atomic E-state index is -0.129. The highest BCUT2D eigenvalue weighted by molar-refractivity contribution is 7.16. The molecule has 2 aromatic heterocycles. The Morgan fingerprint density at radius 2 is 1.79 bits per heavy atom. The standard InChI is InChI=1S/C9H13ClN2OS.C8H14N2/c1-5(13)11-8-12-7(10)6(14-8)9(2,3)4;1-8(2,3)7-5-10(4)6-9-7/h1-4H3,(H,11,12,13);5-6H,1-4H3. The third-order valence-electron chi connectivity index (χ3n) is 3.02. The number of hydrogen-bond donors (Lipinski definition) is 1. The first-order valence-corrected chi connectivity index (χ1v) is 8.93. The number of carbonyl (C=O) groups is 1. The van der Waals surface area contributed by atoms with Crippen molar-refractivity contribution in [3.63, 3.8) is 0 Å². The molecule has 0 atom stereocenters. The normalized spacial score (nSPS) is 11.7. The van der Waals surface area contributed by atoms with E-state index in [0.717, 1.165) is 10.6 Å². The predicted octanol–water partition coefficient (Wildman–Crippen LogP) is 4.77. The number of thiazole rings is 1. The fourth-order valence-corrected chi connectivity index (χ4v) is 3.26. The van der Waals surface area contributed by atoms with E-state index in [-0.39, 0.29) is 16.7 Å². The van der Waals surface area contributed by atoms with Gasteiger partial charge >= 0.3 is 0 Å². The van der Waals surface area contributed by atoms with Gasteiger partial charge in [0.25, 0.3) is 0 Å². The van der Waals surface area contributed by atoms with Crippen LogP contribution in [0.2, 0.25) is 5.15 Å². The van der Waals surface area contributed by atoms with E-state index in [1.54, 1.807) is 0 Å². The predicted molar refractivity (Wildman–Crippen MR) is 102 cm³/mol. The number of anilines is 1. The molecule has 0 saturated carbocycles. The molecule has 1 N–H and O–H groups in total. The van der Waals surface area contributed by atoms with Crippen LogP contribution in [0.15, 0.2) is 12.5 Å². The van der Waals surface area contributed by atoms with E-state index in [4.69, 9.17) is 11.6 Å². The van der Waals surface area contributed by atoms with E-state index in [1.807, 2.05) is 17.9 Å². The first kappa shape index (κ1) is 20.6. The lowest BCUT2D eigenvalue weighted by atomic mass is 9.93. The number of hydrogen-bond acceptors (Lipinski definition) is 4. The molecule has 5 nitrogen and oxygen atoms in total. The quantitative estimate of drug-likeness (QED) is 0.786. The summed E-state index contributed by atoms with van der Waals surface area (Å²) in [5, 5.41) is 3.66. The molecule has 0 fully saturated rings. The number of rotatable bonds is 1. The maximum atomic E-state index is 10.8. The maximum absolute atomic E-state index is 10.8. The van der Waals surface area contributed by atoms with E-state index < -0.39 is 0 Å². The Morgan fingerprint density at radius 3 is 2.08 bits per heavy atom. The van der Waals surface area contributed by atoms with Crippen LogP contribution < -0.4 is 5.32 Å². The summed E-state index contributed by atoms with van der Waals surface area (Å²) in [6.45, 7) is 14.1. The number of aryl methyl sites for hydroxylation is 1. The molecule has 2 heterocycles. The number of nitrogens with one attached hydrogen (secondary N) is 1. The Balaban J connectivity index is 0.000000254. The van der Waals surface area contributed by atoms with E-state index in [9.17, 15) is 4.79 Å². The maximum Gasteiger partial charge on any atom is 0.223 e. The van der Waals surface area contributed by atoms with Crippen molar-refractivity contribution in [2.24, 2.45) is 7.05 Å². The zero-order valence-corrected chi connectivity index (χ0v) is 17.3. The molecule has 2 aromatic rings. The van der Waals surface area contributed by atoms with Crippen molar-refractivity contribution in [1.82, 2.24) is 14.5 Å². The highest BCUT2D eigenvalue weighted by atomic mass is 35.5. The second-order valence-corrected chi connectivity index (χ2v) is 9.10. The van der Waals surface area contributed by atoms with Crippen LogP contribution >= 0.6 is 22.9 Å². The van der Waals surface area contributed by atoms with Gasteiger partial charge in [-0.05, 0) is 5.41 Å². The molecule has 0 aliphatic carbocycles. The third kappa shape index (κ3) is 6.24. The molecule has 2 rings (SSSR count). The van der Waals surface area contributed by atoms with Gasteiger partial charge in [-0.25, -0.2) is 9.97 Å². The summed E-state index contributed by atoms with van der Waals surface area (Å²) < 4.78 is 1.97. The average molecular weight is 371 g/mol. The fourth-order valence-electron chi connectivity index (χ4n) is 1.77. The molecule has 0 radical (unpaired) electrons. The van der Waals surface area contributed by atoms with Crippen LogP contribution in [0.25, 0.3) is 0 Å². The highest BCUT2D eigenvalue weighted by Crippen LogP contribution is 2.36. The number of nitrogens with zero attached hydrogens (tertiary/aromatic N) is 3. The molecular weight excluding hydrogens is 344 g/mol. The molecule has 0 spiro atoms. The largest absolute Gasteiger partial charge is 0.340 e.